The number of carbonyl (C=O) groups excluding carboxylic acids is 1. The van der Waals surface area contributed by atoms with Crippen LogP contribution in [0.4, 0.5) is 26.1 Å². The fourth-order valence-electron chi connectivity index (χ4n) is 2.24. The van der Waals surface area contributed by atoms with Crippen LogP contribution >= 0.6 is 11.8 Å². The lowest BCUT2D eigenvalue weighted by atomic mass is 10.2. The number of benzene rings is 2. The summed E-state index contributed by atoms with van der Waals surface area (Å²) >= 11 is 0.928. The lowest BCUT2D eigenvalue weighted by Gasteiger charge is -2.06. The number of non-ortho nitro benzene ring substituents is 1. The molecule has 14 heteroatoms. The Morgan fingerprint density at radius 1 is 1.29 bits per heavy atom. The zero-order valence-corrected chi connectivity index (χ0v) is 16.3. The summed E-state index contributed by atoms with van der Waals surface area (Å²) in [6.45, 7) is 0. The summed E-state index contributed by atoms with van der Waals surface area (Å²) in [6, 6.07) is 8.62. The van der Waals surface area contributed by atoms with Crippen LogP contribution in [0.25, 0.3) is 0 Å². The van der Waals surface area contributed by atoms with E-state index in [9.17, 15) is 23.7 Å². The summed E-state index contributed by atoms with van der Waals surface area (Å²) in [5.74, 6) is 3.52. The molecule has 0 aliphatic carbocycles. The number of hydrogen-bond acceptors (Lipinski definition) is 9. The number of amides is 1. The van der Waals surface area contributed by atoms with Gasteiger partial charge < -0.3 is 11.2 Å². The van der Waals surface area contributed by atoms with Crippen LogP contribution in [-0.2, 0) is 4.79 Å². The number of nitrogen functional groups attached to an aromatic ring is 1. The van der Waals surface area contributed by atoms with Gasteiger partial charge in [0.15, 0.2) is 0 Å². The highest BCUT2D eigenvalue weighted by atomic mass is 32.2. The molecule has 0 radical (unpaired) electrons. The number of thioether (sulfide) groups is 1. The van der Waals surface area contributed by atoms with Gasteiger partial charge in [0.05, 0.1) is 22.6 Å². The van der Waals surface area contributed by atoms with Crippen LogP contribution in [0, 0.1) is 21.7 Å². The second-order valence-corrected chi connectivity index (χ2v) is 6.80. The van der Waals surface area contributed by atoms with E-state index in [1.807, 2.05) is 0 Å². The van der Waals surface area contributed by atoms with Gasteiger partial charge in [-0.15, -0.1) is 10.2 Å². The van der Waals surface area contributed by atoms with E-state index in [4.69, 9.17) is 5.84 Å². The summed E-state index contributed by atoms with van der Waals surface area (Å²) in [5, 5.41) is 24.7. The number of nitrogens with zero attached hydrogens (tertiary/aromatic N) is 5. The molecule has 0 spiro atoms. The van der Waals surface area contributed by atoms with Crippen molar-refractivity contribution >= 4 is 41.2 Å². The molecule has 1 heterocycles. The number of aromatic nitrogens is 3. The van der Waals surface area contributed by atoms with Crippen molar-refractivity contribution < 1.29 is 18.5 Å². The Morgan fingerprint density at radius 3 is 2.84 bits per heavy atom. The predicted molar refractivity (Wildman–Crippen MR) is 110 cm³/mol. The van der Waals surface area contributed by atoms with E-state index < -0.39 is 22.5 Å². The average molecular weight is 448 g/mol. The fraction of sp³-hybridized carbons (Fsp3) is 0.0588. The SMILES string of the molecule is Nn1c(N/N=C/c2cccc([N+](=O)[O-])c2)nnc1SCC(=O)Nc1ccc(F)cc1F. The van der Waals surface area contributed by atoms with Crippen molar-refractivity contribution in [3.63, 3.8) is 0 Å². The first-order valence-electron chi connectivity index (χ1n) is 8.45. The van der Waals surface area contributed by atoms with E-state index in [0.29, 0.717) is 11.6 Å². The second kappa shape index (κ2) is 9.62. The molecule has 0 aliphatic heterocycles. The molecule has 160 valence electrons. The van der Waals surface area contributed by atoms with Crippen molar-refractivity contribution in [3.05, 3.63) is 69.8 Å². The highest BCUT2D eigenvalue weighted by Crippen LogP contribution is 2.19. The first-order chi connectivity index (χ1) is 14.8. The van der Waals surface area contributed by atoms with Crippen LogP contribution in [0.5, 0.6) is 0 Å². The molecule has 0 saturated carbocycles. The topological polar surface area (TPSA) is 153 Å². The van der Waals surface area contributed by atoms with Gasteiger partial charge in [-0.2, -0.15) is 5.10 Å². The number of rotatable bonds is 8. The summed E-state index contributed by atoms with van der Waals surface area (Å²) in [6.07, 6.45) is 1.33. The van der Waals surface area contributed by atoms with Gasteiger partial charge >= 0.3 is 0 Å². The molecule has 3 rings (SSSR count). The van der Waals surface area contributed by atoms with Crippen molar-refractivity contribution in [1.82, 2.24) is 14.9 Å². The fourth-order valence-corrected chi connectivity index (χ4v) is 2.90. The van der Waals surface area contributed by atoms with Crippen LogP contribution in [0.1, 0.15) is 5.56 Å². The molecule has 1 aromatic heterocycles. The van der Waals surface area contributed by atoms with Crippen molar-refractivity contribution in [1.29, 1.82) is 0 Å². The molecule has 0 fully saturated rings. The molecule has 3 aromatic rings. The number of carbonyl (C=O) groups is 1. The zero-order valence-electron chi connectivity index (χ0n) is 15.5. The van der Waals surface area contributed by atoms with Crippen molar-refractivity contribution in [2.24, 2.45) is 5.10 Å². The highest BCUT2D eigenvalue weighted by Gasteiger charge is 2.13. The molecule has 0 saturated heterocycles. The standard InChI is InChI=1S/C17H14F2N8O3S/c18-11-4-5-14(13(19)7-11)22-15(28)9-31-17-25-24-16(26(17)20)23-21-8-10-2-1-3-12(6-10)27(29)30/h1-8H,9,20H2,(H,22,28)(H,23,24)/b21-8+. The molecular weight excluding hydrogens is 434 g/mol. The largest absolute Gasteiger partial charge is 0.334 e. The lowest BCUT2D eigenvalue weighted by Crippen LogP contribution is -2.17. The maximum absolute atomic E-state index is 13.6. The number of nitrogens with one attached hydrogen (secondary N) is 2. The van der Waals surface area contributed by atoms with Gasteiger partial charge in [-0.25, -0.2) is 18.9 Å². The minimum atomic E-state index is -0.895. The summed E-state index contributed by atoms with van der Waals surface area (Å²) in [7, 11) is 0. The molecule has 0 bridgehead atoms. The number of anilines is 2. The maximum Gasteiger partial charge on any atom is 0.270 e. The molecule has 11 nitrogen and oxygen atoms in total. The quantitative estimate of drug-likeness (QED) is 0.156. The monoisotopic (exact) mass is 448 g/mol. The molecule has 0 unspecified atom stereocenters. The molecular formula is C17H14F2N8O3S. The van der Waals surface area contributed by atoms with Gasteiger partial charge in [0.25, 0.3) is 11.6 Å². The van der Waals surface area contributed by atoms with E-state index in [1.165, 1.54) is 24.4 Å². The number of nitrogens with two attached hydrogens (primary N) is 1. The van der Waals surface area contributed by atoms with Crippen LogP contribution in [0.3, 0.4) is 0 Å². The van der Waals surface area contributed by atoms with E-state index in [0.717, 1.165) is 28.6 Å². The summed E-state index contributed by atoms with van der Waals surface area (Å²) in [4.78, 5) is 22.2. The Kier molecular flexibility index (Phi) is 6.71. The smallest absolute Gasteiger partial charge is 0.270 e. The molecule has 2 aromatic carbocycles. The van der Waals surface area contributed by atoms with E-state index in [-0.39, 0.29) is 28.2 Å². The average Bonchev–Trinajstić information content (AvgIpc) is 3.08. The Labute approximate surface area is 177 Å². The number of nitro groups is 1. The Hall–Kier alpha value is -4.07. The zero-order chi connectivity index (χ0) is 22.4. The van der Waals surface area contributed by atoms with Crippen LogP contribution in [0.2, 0.25) is 0 Å². The van der Waals surface area contributed by atoms with E-state index in [2.05, 4.69) is 26.0 Å². The van der Waals surface area contributed by atoms with Gasteiger partial charge in [0.2, 0.25) is 11.1 Å². The summed E-state index contributed by atoms with van der Waals surface area (Å²) < 4.78 is 27.5. The van der Waals surface area contributed by atoms with Crippen molar-refractivity contribution in [3.8, 4) is 0 Å². The van der Waals surface area contributed by atoms with Crippen LogP contribution in [0.15, 0.2) is 52.7 Å². The van der Waals surface area contributed by atoms with E-state index >= 15 is 0 Å². The third-order valence-electron chi connectivity index (χ3n) is 3.66. The van der Waals surface area contributed by atoms with Crippen molar-refractivity contribution in [2.45, 2.75) is 5.16 Å². The lowest BCUT2D eigenvalue weighted by molar-refractivity contribution is -0.384. The van der Waals surface area contributed by atoms with Crippen LogP contribution in [-0.4, -0.2) is 37.7 Å². The maximum atomic E-state index is 13.6. The number of nitro benzene ring substituents is 1. The minimum absolute atomic E-state index is 0.0502. The normalized spacial score (nSPS) is 10.9. The number of halogens is 2. The third-order valence-corrected chi connectivity index (χ3v) is 4.60. The third kappa shape index (κ3) is 5.72. The van der Waals surface area contributed by atoms with Crippen LogP contribution < -0.4 is 16.6 Å². The Bertz CT molecular complexity index is 1150. The van der Waals surface area contributed by atoms with Gasteiger partial charge in [-0.1, -0.05) is 23.9 Å². The Balaban J connectivity index is 1.55. The first-order valence-corrected chi connectivity index (χ1v) is 9.44. The van der Waals surface area contributed by atoms with Gasteiger partial charge in [-0.3, -0.25) is 14.9 Å². The molecule has 4 N–H and O–H groups in total. The number of hydrazone groups is 1. The van der Waals surface area contributed by atoms with Gasteiger partial charge in [-0.05, 0) is 12.1 Å². The molecule has 31 heavy (non-hydrogen) atoms. The van der Waals surface area contributed by atoms with Crippen molar-refractivity contribution in [2.75, 3.05) is 22.3 Å². The predicted octanol–water partition coefficient (Wildman–Crippen LogP) is 2.36. The minimum Gasteiger partial charge on any atom is -0.334 e. The summed E-state index contributed by atoms with van der Waals surface area (Å²) in [5.41, 5.74) is 2.78. The van der Waals surface area contributed by atoms with Gasteiger partial charge in [0.1, 0.15) is 11.6 Å². The molecule has 1 amide bonds. The number of hydrogen-bond donors (Lipinski definition) is 3. The highest BCUT2D eigenvalue weighted by molar-refractivity contribution is 7.99. The first kappa shape index (κ1) is 21.6. The van der Waals surface area contributed by atoms with E-state index in [1.54, 1.807) is 6.07 Å². The Morgan fingerprint density at radius 2 is 2.10 bits per heavy atom. The second-order valence-electron chi connectivity index (χ2n) is 5.86. The molecule has 0 atom stereocenters. The molecule has 0 aliphatic rings. The van der Waals surface area contributed by atoms with Gasteiger partial charge in [0, 0.05) is 23.8 Å².